The molecule has 4 rings (SSSR count). The number of aryl methyl sites for hydroxylation is 2. The summed E-state index contributed by atoms with van der Waals surface area (Å²) in [7, 11) is 0. The third-order valence-electron chi connectivity index (χ3n) is 5.10. The number of hydrogen-bond acceptors (Lipinski definition) is 4. The Morgan fingerprint density at radius 2 is 1.74 bits per heavy atom. The number of nitrogens with zero attached hydrogens (tertiary/aromatic N) is 2. The molecule has 2 aromatic carbocycles. The average Bonchev–Trinajstić information content (AvgIpc) is 2.61. The van der Waals surface area contributed by atoms with Crippen molar-refractivity contribution in [3.8, 4) is 0 Å². The van der Waals surface area contributed by atoms with Gasteiger partial charge in [0.25, 0.3) is 0 Å². The lowest BCUT2D eigenvalue weighted by molar-refractivity contribution is 0.462. The minimum atomic E-state index is 0.486. The van der Waals surface area contributed by atoms with Crippen molar-refractivity contribution in [2.75, 3.05) is 10.6 Å². The highest BCUT2D eigenvalue weighted by molar-refractivity contribution is 6.30. The maximum absolute atomic E-state index is 6.20. The second kappa shape index (κ2) is 7.73. The smallest absolute Gasteiger partial charge is 0.229 e. The van der Waals surface area contributed by atoms with E-state index in [0.29, 0.717) is 17.0 Å². The molecular formula is C22H25ClN4. The van der Waals surface area contributed by atoms with Crippen LogP contribution in [0.25, 0.3) is 10.9 Å². The summed E-state index contributed by atoms with van der Waals surface area (Å²) in [4.78, 5) is 9.54. The summed E-state index contributed by atoms with van der Waals surface area (Å²) in [5.41, 5.74) is 4.14. The first kappa shape index (κ1) is 18.1. The molecule has 140 valence electrons. The zero-order valence-electron chi connectivity index (χ0n) is 15.8. The van der Waals surface area contributed by atoms with Gasteiger partial charge in [0.2, 0.25) is 5.95 Å². The minimum absolute atomic E-state index is 0.486. The molecule has 1 fully saturated rings. The van der Waals surface area contributed by atoms with Crippen molar-refractivity contribution < 1.29 is 0 Å². The molecule has 27 heavy (non-hydrogen) atoms. The molecular weight excluding hydrogens is 356 g/mol. The quantitative estimate of drug-likeness (QED) is 0.550. The number of halogens is 1. The molecule has 0 radical (unpaired) electrons. The summed E-state index contributed by atoms with van der Waals surface area (Å²) in [5, 5.41) is 8.78. The number of rotatable bonds is 4. The third kappa shape index (κ3) is 4.33. The molecule has 1 saturated carbocycles. The summed E-state index contributed by atoms with van der Waals surface area (Å²) in [5.74, 6) is 1.50. The predicted molar refractivity (Wildman–Crippen MR) is 114 cm³/mol. The minimum Gasteiger partial charge on any atom is -0.367 e. The SMILES string of the molecule is Cc1cc(Cl)cc(Nc2nc(NC3CCCCC3)c3ccc(C)cc3n2)c1. The Labute approximate surface area is 165 Å². The van der Waals surface area contributed by atoms with Crippen LogP contribution in [-0.2, 0) is 0 Å². The van der Waals surface area contributed by atoms with E-state index in [1.54, 1.807) is 0 Å². The molecule has 1 aliphatic carbocycles. The number of nitrogens with one attached hydrogen (secondary N) is 2. The van der Waals surface area contributed by atoms with E-state index in [4.69, 9.17) is 21.6 Å². The fraction of sp³-hybridized carbons (Fsp3) is 0.364. The van der Waals surface area contributed by atoms with Gasteiger partial charge < -0.3 is 10.6 Å². The van der Waals surface area contributed by atoms with Gasteiger partial charge in [-0.2, -0.15) is 4.98 Å². The van der Waals surface area contributed by atoms with Gasteiger partial charge in [-0.1, -0.05) is 36.9 Å². The zero-order chi connectivity index (χ0) is 18.8. The van der Waals surface area contributed by atoms with Crippen LogP contribution in [0.3, 0.4) is 0 Å². The molecule has 2 N–H and O–H groups in total. The Bertz CT molecular complexity index is 944. The van der Waals surface area contributed by atoms with E-state index in [2.05, 4.69) is 35.8 Å². The van der Waals surface area contributed by atoms with Crippen molar-refractivity contribution in [3.05, 3.63) is 52.5 Å². The molecule has 5 heteroatoms. The van der Waals surface area contributed by atoms with Gasteiger partial charge in [-0.3, -0.25) is 0 Å². The fourth-order valence-corrected chi connectivity index (χ4v) is 4.07. The molecule has 3 aromatic rings. The molecule has 0 saturated heterocycles. The van der Waals surface area contributed by atoms with Crippen molar-refractivity contribution >= 4 is 40.0 Å². The van der Waals surface area contributed by atoms with E-state index in [-0.39, 0.29) is 0 Å². The lowest BCUT2D eigenvalue weighted by Crippen LogP contribution is -2.23. The zero-order valence-corrected chi connectivity index (χ0v) is 16.6. The van der Waals surface area contributed by atoms with Crippen molar-refractivity contribution in [2.45, 2.75) is 52.0 Å². The Balaban J connectivity index is 1.71. The molecule has 4 nitrogen and oxygen atoms in total. The summed E-state index contributed by atoms with van der Waals surface area (Å²) in [6.45, 7) is 4.11. The summed E-state index contributed by atoms with van der Waals surface area (Å²) < 4.78 is 0. The van der Waals surface area contributed by atoms with Crippen molar-refractivity contribution in [1.29, 1.82) is 0 Å². The molecule has 0 atom stereocenters. The molecule has 1 heterocycles. The van der Waals surface area contributed by atoms with Gasteiger partial charge in [-0.25, -0.2) is 4.98 Å². The molecule has 0 unspecified atom stereocenters. The molecule has 0 bridgehead atoms. The van der Waals surface area contributed by atoms with E-state index in [1.165, 1.54) is 37.7 Å². The van der Waals surface area contributed by atoms with E-state index >= 15 is 0 Å². The lowest BCUT2D eigenvalue weighted by Gasteiger charge is -2.24. The van der Waals surface area contributed by atoms with Crippen LogP contribution >= 0.6 is 11.6 Å². The second-order valence-electron chi connectivity index (χ2n) is 7.54. The van der Waals surface area contributed by atoms with Crippen LogP contribution in [-0.4, -0.2) is 16.0 Å². The normalized spacial score (nSPS) is 15.1. The summed E-state index contributed by atoms with van der Waals surface area (Å²) >= 11 is 6.20. The van der Waals surface area contributed by atoms with Gasteiger partial charge >= 0.3 is 0 Å². The highest BCUT2D eigenvalue weighted by atomic mass is 35.5. The molecule has 0 spiro atoms. The van der Waals surface area contributed by atoms with E-state index in [0.717, 1.165) is 28.0 Å². The Morgan fingerprint density at radius 1 is 0.926 bits per heavy atom. The van der Waals surface area contributed by atoms with Crippen LogP contribution in [0.2, 0.25) is 5.02 Å². The van der Waals surface area contributed by atoms with E-state index in [1.807, 2.05) is 25.1 Å². The third-order valence-corrected chi connectivity index (χ3v) is 5.31. The highest BCUT2D eigenvalue weighted by Crippen LogP contribution is 2.28. The number of benzene rings is 2. The van der Waals surface area contributed by atoms with E-state index in [9.17, 15) is 0 Å². The summed E-state index contributed by atoms with van der Waals surface area (Å²) in [6, 6.07) is 12.7. The average molecular weight is 381 g/mol. The first-order valence-electron chi connectivity index (χ1n) is 9.66. The van der Waals surface area contributed by atoms with Gasteiger partial charge in [0.05, 0.1) is 5.52 Å². The summed E-state index contributed by atoms with van der Waals surface area (Å²) in [6.07, 6.45) is 6.31. The Kier molecular flexibility index (Phi) is 5.17. The van der Waals surface area contributed by atoms with Crippen LogP contribution in [0.15, 0.2) is 36.4 Å². The van der Waals surface area contributed by atoms with Crippen molar-refractivity contribution in [2.24, 2.45) is 0 Å². The number of fused-ring (bicyclic) bond motifs is 1. The lowest BCUT2D eigenvalue weighted by atomic mass is 9.95. The van der Waals surface area contributed by atoms with Crippen LogP contribution in [0.1, 0.15) is 43.2 Å². The molecule has 1 aliphatic rings. The maximum Gasteiger partial charge on any atom is 0.229 e. The van der Waals surface area contributed by atoms with Crippen LogP contribution in [0.5, 0.6) is 0 Å². The first-order valence-corrected chi connectivity index (χ1v) is 10.0. The van der Waals surface area contributed by atoms with Gasteiger partial charge in [0.15, 0.2) is 0 Å². The first-order chi connectivity index (χ1) is 13.1. The van der Waals surface area contributed by atoms with Gasteiger partial charge in [-0.15, -0.1) is 0 Å². The largest absolute Gasteiger partial charge is 0.367 e. The number of hydrogen-bond donors (Lipinski definition) is 2. The molecule has 0 amide bonds. The number of aromatic nitrogens is 2. The Morgan fingerprint density at radius 3 is 2.52 bits per heavy atom. The van der Waals surface area contributed by atoms with Crippen LogP contribution in [0, 0.1) is 13.8 Å². The topological polar surface area (TPSA) is 49.8 Å². The van der Waals surface area contributed by atoms with Gasteiger partial charge in [0.1, 0.15) is 5.82 Å². The van der Waals surface area contributed by atoms with E-state index < -0.39 is 0 Å². The number of anilines is 3. The van der Waals surface area contributed by atoms with Gasteiger partial charge in [0, 0.05) is 22.1 Å². The standard InChI is InChI=1S/C22H25ClN4/c1-14-8-9-19-20(12-14)26-22(25-18-11-15(2)10-16(23)13-18)27-21(19)24-17-6-4-3-5-7-17/h8-13,17H,3-7H2,1-2H3,(H2,24,25,26,27). The highest BCUT2D eigenvalue weighted by Gasteiger charge is 2.16. The van der Waals surface area contributed by atoms with Crippen molar-refractivity contribution in [1.82, 2.24) is 9.97 Å². The van der Waals surface area contributed by atoms with Crippen LogP contribution in [0.4, 0.5) is 17.5 Å². The van der Waals surface area contributed by atoms with Gasteiger partial charge in [-0.05, 0) is 68.1 Å². The molecule has 0 aliphatic heterocycles. The fourth-order valence-electron chi connectivity index (χ4n) is 3.78. The van der Waals surface area contributed by atoms with Crippen molar-refractivity contribution in [3.63, 3.8) is 0 Å². The maximum atomic E-state index is 6.20. The monoisotopic (exact) mass is 380 g/mol. The Hall–Kier alpha value is -2.33. The second-order valence-corrected chi connectivity index (χ2v) is 7.97. The van der Waals surface area contributed by atoms with Crippen LogP contribution < -0.4 is 10.6 Å². The molecule has 1 aromatic heterocycles. The predicted octanol–water partition coefficient (Wildman–Crippen LogP) is 6.39.